The molecule has 0 saturated carbocycles. The van der Waals surface area contributed by atoms with Crippen LogP contribution >= 0.6 is 0 Å². The summed E-state index contributed by atoms with van der Waals surface area (Å²) in [6.45, 7) is 0. The van der Waals surface area contributed by atoms with Crippen molar-refractivity contribution < 1.29 is 4.21 Å². The summed E-state index contributed by atoms with van der Waals surface area (Å²) in [6.07, 6.45) is 2.86. The van der Waals surface area contributed by atoms with Gasteiger partial charge in [-0.1, -0.05) is 6.07 Å². The number of aromatic nitrogens is 2. The molecule has 2 aromatic rings. The minimum absolute atomic E-state index is 0.183. The molecule has 6 heteroatoms. The zero-order valence-electron chi connectivity index (χ0n) is 7.48. The van der Waals surface area contributed by atoms with Crippen LogP contribution in [0.1, 0.15) is 0 Å². The first kappa shape index (κ1) is 9.01. The lowest BCUT2D eigenvalue weighted by atomic mass is 10.4. The van der Waals surface area contributed by atoms with Gasteiger partial charge in [0.1, 0.15) is 5.03 Å². The number of H-pyrrole nitrogens is 1. The number of pyridine rings is 1. The molecular formula is C8H9N3O2S. The molecule has 14 heavy (non-hydrogen) atoms. The lowest BCUT2D eigenvalue weighted by molar-refractivity contribution is 0.677. The SMILES string of the molecule is CS(=N)(=O)c1[nH]c(=O)n2ccccc12. The number of fused-ring (bicyclic) bond motifs is 1. The summed E-state index contributed by atoms with van der Waals surface area (Å²) in [6, 6.07) is 5.09. The summed E-state index contributed by atoms with van der Waals surface area (Å²) in [4.78, 5) is 13.8. The number of hydrogen-bond acceptors (Lipinski definition) is 3. The molecule has 2 heterocycles. The van der Waals surface area contributed by atoms with Crippen molar-refractivity contribution in [3.8, 4) is 0 Å². The number of imidazole rings is 1. The van der Waals surface area contributed by atoms with E-state index in [4.69, 9.17) is 4.78 Å². The van der Waals surface area contributed by atoms with Crippen LogP contribution in [-0.2, 0) is 9.73 Å². The molecule has 5 nitrogen and oxygen atoms in total. The minimum atomic E-state index is -2.88. The smallest absolute Gasteiger partial charge is 0.297 e. The van der Waals surface area contributed by atoms with Gasteiger partial charge in [-0.2, -0.15) is 0 Å². The highest BCUT2D eigenvalue weighted by Gasteiger charge is 2.12. The van der Waals surface area contributed by atoms with Gasteiger partial charge in [0.15, 0.2) is 0 Å². The second-order valence-corrected chi connectivity index (χ2v) is 5.15. The second kappa shape index (κ2) is 2.71. The Balaban J connectivity index is 3.01. The standard InChI is InChI=1S/C8H9N3O2S/c1-14(9,13)7-6-4-2-3-5-11(6)8(12)10-7/h2-5,9H,1H3,(H,10,12). The van der Waals surface area contributed by atoms with E-state index < -0.39 is 9.73 Å². The second-order valence-electron chi connectivity index (χ2n) is 3.06. The zero-order valence-corrected chi connectivity index (χ0v) is 8.30. The van der Waals surface area contributed by atoms with Crippen molar-refractivity contribution in [2.75, 3.05) is 6.26 Å². The quantitative estimate of drug-likeness (QED) is 0.727. The van der Waals surface area contributed by atoms with E-state index >= 15 is 0 Å². The molecule has 0 fully saturated rings. The summed E-state index contributed by atoms with van der Waals surface area (Å²) in [5.41, 5.74) is 0.137. The van der Waals surface area contributed by atoms with Crippen LogP contribution in [0.25, 0.3) is 5.52 Å². The van der Waals surface area contributed by atoms with E-state index in [2.05, 4.69) is 4.98 Å². The van der Waals surface area contributed by atoms with Crippen LogP contribution in [0.15, 0.2) is 34.2 Å². The zero-order chi connectivity index (χ0) is 10.3. The van der Waals surface area contributed by atoms with Crippen LogP contribution in [-0.4, -0.2) is 19.8 Å². The van der Waals surface area contributed by atoms with Gasteiger partial charge in [-0.15, -0.1) is 0 Å². The third-order valence-corrected chi connectivity index (χ3v) is 3.01. The van der Waals surface area contributed by atoms with Crippen molar-refractivity contribution >= 4 is 15.2 Å². The fourth-order valence-electron chi connectivity index (χ4n) is 1.32. The van der Waals surface area contributed by atoms with Crippen LogP contribution in [0.3, 0.4) is 0 Å². The Hall–Kier alpha value is -1.56. The molecule has 0 bridgehead atoms. The third-order valence-electron chi connectivity index (χ3n) is 1.92. The molecule has 74 valence electrons. The van der Waals surface area contributed by atoms with Crippen molar-refractivity contribution in [2.24, 2.45) is 0 Å². The fraction of sp³-hybridized carbons (Fsp3) is 0.125. The van der Waals surface area contributed by atoms with E-state index in [9.17, 15) is 9.00 Å². The Kier molecular flexibility index (Phi) is 1.75. The number of aromatic amines is 1. The average Bonchev–Trinajstić information content (AvgIpc) is 2.44. The molecule has 0 amide bonds. The van der Waals surface area contributed by atoms with E-state index in [1.807, 2.05) is 0 Å². The van der Waals surface area contributed by atoms with Gasteiger partial charge in [0.25, 0.3) is 0 Å². The Morgan fingerprint density at radius 3 is 2.86 bits per heavy atom. The summed E-state index contributed by atoms with van der Waals surface area (Å²) < 4.78 is 20.3. The van der Waals surface area contributed by atoms with Gasteiger partial charge >= 0.3 is 5.69 Å². The number of nitrogens with zero attached hydrogens (tertiary/aromatic N) is 1. The van der Waals surface area contributed by atoms with Crippen LogP contribution in [0.4, 0.5) is 0 Å². The first-order valence-electron chi connectivity index (χ1n) is 3.93. The van der Waals surface area contributed by atoms with E-state index in [0.29, 0.717) is 5.52 Å². The van der Waals surface area contributed by atoms with Crippen molar-refractivity contribution in [1.82, 2.24) is 9.38 Å². The van der Waals surface area contributed by atoms with Gasteiger partial charge in [0, 0.05) is 12.5 Å². The lowest BCUT2D eigenvalue weighted by Gasteiger charge is -1.96. The van der Waals surface area contributed by atoms with Gasteiger partial charge in [-0.05, 0) is 12.1 Å². The molecule has 2 N–H and O–H groups in total. The van der Waals surface area contributed by atoms with Gasteiger partial charge in [0.05, 0.1) is 15.2 Å². The fourth-order valence-corrected chi connectivity index (χ4v) is 2.17. The molecule has 0 spiro atoms. The molecule has 0 saturated heterocycles. The first-order valence-corrected chi connectivity index (χ1v) is 5.90. The van der Waals surface area contributed by atoms with Crippen molar-refractivity contribution in [3.05, 3.63) is 34.9 Å². The minimum Gasteiger partial charge on any atom is -0.297 e. The molecule has 0 aliphatic carbocycles. The summed E-state index contributed by atoms with van der Waals surface area (Å²) in [7, 11) is -2.88. The monoisotopic (exact) mass is 211 g/mol. The van der Waals surface area contributed by atoms with E-state index in [1.54, 1.807) is 24.4 Å². The molecular weight excluding hydrogens is 202 g/mol. The van der Waals surface area contributed by atoms with E-state index in [-0.39, 0.29) is 10.7 Å². The Morgan fingerprint density at radius 2 is 2.21 bits per heavy atom. The highest BCUT2D eigenvalue weighted by atomic mass is 32.2. The van der Waals surface area contributed by atoms with Crippen LogP contribution in [0.2, 0.25) is 0 Å². The Morgan fingerprint density at radius 1 is 1.50 bits per heavy atom. The Labute approximate surface area is 80.4 Å². The summed E-state index contributed by atoms with van der Waals surface area (Å²) in [5.74, 6) is 0. The maximum atomic E-state index is 11.5. The molecule has 0 radical (unpaired) electrons. The van der Waals surface area contributed by atoms with Gasteiger partial charge in [-0.25, -0.2) is 13.8 Å². The average molecular weight is 211 g/mol. The van der Waals surface area contributed by atoms with Crippen LogP contribution in [0.5, 0.6) is 0 Å². The highest BCUT2D eigenvalue weighted by Crippen LogP contribution is 2.12. The predicted octanol–water partition coefficient (Wildman–Crippen LogP) is 0.663. The van der Waals surface area contributed by atoms with Crippen LogP contribution < -0.4 is 5.69 Å². The van der Waals surface area contributed by atoms with Gasteiger partial charge in [0.2, 0.25) is 0 Å². The predicted molar refractivity (Wildman–Crippen MR) is 53.1 cm³/mol. The molecule has 0 aliphatic heterocycles. The molecule has 0 aromatic carbocycles. The molecule has 2 aromatic heterocycles. The molecule has 1 unspecified atom stereocenters. The van der Waals surface area contributed by atoms with E-state index in [1.165, 1.54) is 10.7 Å². The van der Waals surface area contributed by atoms with Crippen LogP contribution in [0, 0.1) is 4.78 Å². The topological polar surface area (TPSA) is 78.2 Å². The molecule has 1 atom stereocenters. The highest BCUT2D eigenvalue weighted by molar-refractivity contribution is 7.91. The largest absolute Gasteiger partial charge is 0.331 e. The lowest BCUT2D eigenvalue weighted by Crippen LogP contribution is -2.08. The summed E-state index contributed by atoms with van der Waals surface area (Å²) >= 11 is 0. The summed E-state index contributed by atoms with van der Waals surface area (Å²) in [5, 5.41) is 0.183. The van der Waals surface area contributed by atoms with E-state index in [0.717, 1.165) is 0 Å². The van der Waals surface area contributed by atoms with Crippen molar-refractivity contribution in [2.45, 2.75) is 5.03 Å². The number of hydrogen-bond donors (Lipinski definition) is 2. The van der Waals surface area contributed by atoms with Crippen molar-refractivity contribution in [1.29, 1.82) is 4.78 Å². The van der Waals surface area contributed by atoms with Gasteiger partial charge in [-0.3, -0.25) is 9.38 Å². The van der Waals surface area contributed by atoms with Gasteiger partial charge < -0.3 is 0 Å². The maximum absolute atomic E-state index is 11.5. The normalized spacial score (nSPS) is 15.5. The molecule has 0 aliphatic rings. The molecule has 2 rings (SSSR count). The first-order chi connectivity index (χ1) is 6.50. The number of rotatable bonds is 1. The third kappa shape index (κ3) is 1.24. The number of nitrogens with one attached hydrogen (secondary N) is 2. The van der Waals surface area contributed by atoms with Crippen molar-refractivity contribution in [3.63, 3.8) is 0 Å². The Bertz CT molecular complexity index is 636. The maximum Gasteiger partial charge on any atom is 0.331 e.